The van der Waals surface area contributed by atoms with Crippen LogP contribution in [-0.4, -0.2) is 39.1 Å². The van der Waals surface area contributed by atoms with Gasteiger partial charge in [-0.05, 0) is 17.7 Å². The summed E-state index contributed by atoms with van der Waals surface area (Å²) >= 11 is 0. The number of benzene rings is 2. The monoisotopic (exact) mass is 419 g/mol. The molecule has 0 radical (unpaired) electrons. The normalized spacial score (nSPS) is 16.7. The molecule has 29 heavy (non-hydrogen) atoms. The lowest BCUT2D eigenvalue weighted by molar-refractivity contribution is -0.126. The van der Waals surface area contributed by atoms with Crippen molar-refractivity contribution in [3.8, 4) is 11.5 Å². The zero-order valence-corrected chi connectivity index (χ0v) is 17.3. The predicted molar refractivity (Wildman–Crippen MR) is 114 cm³/mol. The molecule has 2 amide bonds. The van der Waals surface area contributed by atoms with Crippen molar-refractivity contribution in [1.82, 2.24) is 5.32 Å². The molecule has 1 aliphatic rings. The van der Waals surface area contributed by atoms with Crippen molar-refractivity contribution in [1.29, 1.82) is 0 Å². The maximum absolute atomic E-state index is 12.6. The minimum absolute atomic E-state index is 0. The van der Waals surface area contributed by atoms with Gasteiger partial charge in [0.25, 0.3) is 0 Å². The van der Waals surface area contributed by atoms with Crippen LogP contribution >= 0.6 is 12.4 Å². The van der Waals surface area contributed by atoms with E-state index < -0.39 is 5.92 Å². The molecule has 3 rings (SSSR count). The Balaban J connectivity index is 0.00000300. The minimum Gasteiger partial charge on any atom is -0.497 e. The highest BCUT2D eigenvalue weighted by atomic mass is 35.5. The number of hydrogen-bond acceptors (Lipinski definition) is 5. The molecule has 2 atom stereocenters. The van der Waals surface area contributed by atoms with Gasteiger partial charge < -0.3 is 25.4 Å². The Morgan fingerprint density at radius 3 is 2.59 bits per heavy atom. The molecule has 0 bridgehead atoms. The van der Waals surface area contributed by atoms with E-state index in [1.54, 1.807) is 30.2 Å². The van der Waals surface area contributed by atoms with Crippen molar-refractivity contribution in [2.45, 2.75) is 12.5 Å². The molecule has 1 aliphatic heterocycles. The summed E-state index contributed by atoms with van der Waals surface area (Å²) in [6.07, 6.45) is 0.154. The smallest absolute Gasteiger partial charge is 0.227 e. The first kappa shape index (κ1) is 22.5. The number of amides is 2. The largest absolute Gasteiger partial charge is 0.497 e. The van der Waals surface area contributed by atoms with Crippen LogP contribution in [0.3, 0.4) is 0 Å². The van der Waals surface area contributed by atoms with Crippen molar-refractivity contribution in [3.05, 3.63) is 54.1 Å². The molecular weight excluding hydrogens is 394 g/mol. The number of halogens is 1. The lowest BCUT2D eigenvalue weighted by Crippen LogP contribution is -2.37. The Hall–Kier alpha value is -2.77. The van der Waals surface area contributed by atoms with Gasteiger partial charge in [0.2, 0.25) is 11.8 Å². The second-order valence-corrected chi connectivity index (χ2v) is 6.71. The highest BCUT2D eigenvalue weighted by Crippen LogP contribution is 2.35. The van der Waals surface area contributed by atoms with Gasteiger partial charge in [0, 0.05) is 31.6 Å². The first-order valence-electron chi connectivity index (χ1n) is 9.14. The number of anilines is 1. The molecule has 0 aliphatic carbocycles. The quantitative estimate of drug-likeness (QED) is 0.718. The molecule has 2 unspecified atom stereocenters. The number of nitrogens with zero attached hydrogens (tertiary/aromatic N) is 1. The highest BCUT2D eigenvalue weighted by Gasteiger charge is 2.36. The molecule has 1 fully saturated rings. The molecule has 156 valence electrons. The van der Waals surface area contributed by atoms with Crippen molar-refractivity contribution < 1.29 is 19.1 Å². The molecule has 1 saturated heterocycles. The van der Waals surface area contributed by atoms with Crippen molar-refractivity contribution >= 4 is 29.9 Å². The summed E-state index contributed by atoms with van der Waals surface area (Å²) < 4.78 is 10.6. The van der Waals surface area contributed by atoms with Gasteiger partial charge >= 0.3 is 0 Å². The van der Waals surface area contributed by atoms with E-state index >= 15 is 0 Å². The van der Waals surface area contributed by atoms with Crippen molar-refractivity contribution in [2.24, 2.45) is 11.7 Å². The molecule has 7 nitrogen and oxygen atoms in total. The second-order valence-electron chi connectivity index (χ2n) is 6.71. The van der Waals surface area contributed by atoms with E-state index in [1.807, 2.05) is 30.3 Å². The van der Waals surface area contributed by atoms with Crippen LogP contribution in [0.4, 0.5) is 5.69 Å². The van der Waals surface area contributed by atoms with Crippen LogP contribution in [0, 0.1) is 5.92 Å². The topological polar surface area (TPSA) is 93.9 Å². The van der Waals surface area contributed by atoms with E-state index in [9.17, 15) is 9.59 Å². The van der Waals surface area contributed by atoms with E-state index in [-0.39, 0.29) is 36.7 Å². The Morgan fingerprint density at radius 2 is 1.93 bits per heavy atom. The maximum Gasteiger partial charge on any atom is 0.227 e. The van der Waals surface area contributed by atoms with Gasteiger partial charge in [0.15, 0.2) is 0 Å². The van der Waals surface area contributed by atoms with E-state index in [4.69, 9.17) is 15.2 Å². The summed E-state index contributed by atoms with van der Waals surface area (Å²) in [4.78, 5) is 26.7. The van der Waals surface area contributed by atoms with Gasteiger partial charge in [0.05, 0.1) is 25.8 Å². The summed E-state index contributed by atoms with van der Waals surface area (Å²) in [5.41, 5.74) is 7.72. The van der Waals surface area contributed by atoms with Crippen LogP contribution in [0.15, 0.2) is 48.5 Å². The fourth-order valence-electron chi connectivity index (χ4n) is 3.30. The van der Waals surface area contributed by atoms with Crippen LogP contribution in [0.5, 0.6) is 11.5 Å². The van der Waals surface area contributed by atoms with E-state index in [0.717, 1.165) is 5.56 Å². The number of carbonyl (C=O) groups is 2. The second kappa shape index (κ2) is 10.1. The van der Waals surface area contributed by atoms with E-state index in [0.29, 0.717) is 30.3 Å². The van der Waals surface area contributed by atoms with Crippen LogP contribution in [0.25, 0.3) is 0 Å². The SMILES string of the molecule is COc1ccc(N2CC(C(=O)NCC(N)c3ccccc3)CC2=O)c(OC)c1.Cl. The standard InChI is InChI=1S/C21H25N3O4.ClH/c1-27-16-8-9-18(19(11-16)28-2)24-13-15(10-20(24)25)21(26)23-12-17(22)14-6-4-3-5-7-14;/h3-9,11,15,17H,10,12-13,22H2,1-2H3,(H,23,26);1H. The van der Waals surface area contributed by atoms with Crippen LogP contribution in [-0.2, 0) is 9.59 Å². The Labute approximate surface area is 176 Å². The summed E-state index contributed by atoms with van der Waals surface area (Å²) in [6.45, 7) is 0.618. The van der Waals surface area contributed by atoms with Crippen LogP contribution in [0.1, 0.15) is 18.0 Å². The third kappa shape index (κ3) is 5.19. The van der Waals surface area contributed by atoms with Gasteiger partial charge in [-0.25, -0.2) is 0 Å². The number of carbonyl (C=O) groups excluding carboxylic acids is 2. The number of nitrogens with two attached hydrogens (primary N) is 1. The lowest BCUT2D eigenvalue weighted by atomic mass is 10.1. The molecule has 0 spiro atoms. The molecule has 3 N–H and O–H groups in total. The van der Waals surface area contributed by atoms with Gasteiger partial charge in [-0.2, -0.15) is 0 Å². The zero-order chi connectivity index (χ0) is 20.1. The molecule has 0 aromatic heterocycles. The number of nitrogens with one attached hydrogen (secondary N) is 1. The van der Waals surface area contributed by atoms with E-state index in [2.05, 4.69) is 5.32 Å². The molecule has 2 aromatic rings. The molecular formula is C21H26ClN3O4. The summed E-state index contributed by atoms with van der Waals surface area (Å²) in [5, 5.41) is 2.87. The highest BCUT2D eigenvalue weighted by molar-refractivity contribution is 6.01. The molecule has 2 aromatic carbocycles. The first-order valence-corrected chi connectivity index (χ1v) is 9.14. The minimum atomic E-state index is -0.428. The summed E-state index contributed by atoms with van der Waals surface area (Å²) in [7, 11) is 3.10. The summed E-state index contributed by atoms with van der Waals surface area (Å²) in [6, 6.07) is 14.5. The van der Waals surface area contributed by atoms with E-state index in [1.165, 1.54) is 7.11 Å². The van der Waals surface area contributed by atoms with Crippen LogP contribution < -0.4 is 25.4 Å². The van der Waals surface area contributed by atoms with Gasteiger partial charge in [-0.15, -0.1) is 12.4 Å². The average Bonchev–Trinajstić information content (AvgIpc) is 3.13. The Kier molecular flexibility index (Phi) is 7.87. The molecule has 1 heterocycles. The van der Waals surface area contributed by atoms with Crippen molar-refractivity contribution in [3.63, 3.8) is 0 Å². The van der Waals surface area contributed by atoms with Gasteiger partial charge in [0.1, 0.15) is 11.5 Å². The van der Waals surface area contributed by atoms with Gasteiger partial charge in [-0.3, -0.25) is 9.59 Å². The summed E-state index contributed by atoms with van der Waals surface area (Å²) in [5.74, 6) is 0.448. The maximum atomic E-state index is 12.6. The third-order valence-corrected chi connectivity index (χ3v) is 4.90. The predicted octanol–water partition coefficient (Wildman–Crippen LogP) is 2.29. The molecule has 8 heteroatoms. The fraction of sp³-hybridized carbons (Fsp3) is 0.333. The van der Waals surface area contributed by atoms with Gasteiger partial charge in [-0.1, -0.05) is 30.3 Å². The zero-order valence-electron chi connectivity index (χ0n) is 16.5. The first-order chi connectivity index (χ1) is 13.5. The fourth-order valence-corrected chi connectivity index (χ4v) is 3.30. The Bertz CT molecular complexity index is 847. The molecule has 0 saturated carbocycles. The number of hydrogen-bond donors (Lipinski definition) is 2. The Morgan fingerprint density at radius 1 is 1.21 bits per heavy atom. The van der Waals surface area contributed by atoms with Crippen molar-refractivity contribution in [2.75, 3.05) is 32.2 Å². The average molecular weight is 420 g/mol. The lowest BCUT2D eigenvalue weighted by Gasteiger charge is -2.20. The number of rotatable bonds is 7. The third-order valence-electron chi connectivity index (χ3n) is 4.90. The van der Waals surface area contributed by atoms with Crippen LogP contribution in [0.2, 0.25) is 0 Å². The number of ether oxygens (including phenoxy) is 2. The number of methoxy groups -OCH3 is 2.